The summed E-state index contributed by atoms with van der Waals surface area (Å²) >= 11 is 0. The van der Waals surface area contributed by atoms with Crippen LogP contribution in [0.3, 0.4) is 0 Å². The Morgan fingerprint density at radius 2 is 2.06 bits per heavy atom. The molecule has 1 N–H and O–H groups in total. The van der Waals surface area contributed by atoms with E-state index in [0.717, 1.165) is 12.0 Å². The molecule has 2 rings (SSSR count). The molecule has 0 radical (unpaired) electrons. The molecule has 0 bridgehead atoms. The largest absolute Gasteiger partial charge is 0.390 e. The first-order valence-corrected chi connectivity index (χ1v) is 5.68. The average molecular weight is 218 g/mol. The highest BCUT2D eigenvalue weighted by atomic mass is 16.5. The third-order valence-electron chi connectivity index (χ3n) is 3.20. The molecule has 1 aliphatic heterocycles. The van der Waals surface area contributed by atoms with Crippen molar-refractivity contribution in [3.63, 3.8) is 0 Å². The summed E-state index contributed by atoms with van der Waals surface area (Å²) in [5.41, 5.74) is 2.22. The fourth-order valence-corrected chi connectivity index (χ4v) is 2.22. The molecule has 1 fully saturated rings. The third-order valence-corrected chi connectivity index (χ3v) is 3.20. The van der Waals surface area contributed by atoms with E-state index in [-0.39, 0.29) is 12.0 Å². The van der Waals surface area contributed by atoms with Gasteiger partial charge in [0.2, 0.25) is 0 Å². The predicted molar refractivity (Wildman–Crippen MR) is 64.1 cm³/mol. The second kappa shape index (κ2) is 4.81. The number of aliphatic hydroxyl groups excluding tert-OH is 1. The average Bonchev–Trinajstić information content (AvgIpc) is 2.30. The molecule has 1 aliphatic rings. The summed E-state index contributed by atoms with van der Waals surface area (Å²) in [6, 6.07) is 10.2. The van der Waals surface area contributed by atoms with E-state index < -0.39 is 6.10 Å². The van der Waals surface area contributed by atoms with Gasteiger partial charge in [-0.25, -0.2) is 0 Å². The molecule has 86 valence electrons. The van der Waals surface area contributed by atoms with Crippen LogP contribution < -0.4 is 0 Å². The standard InChI is InChI=1S/C14H18O2/c1-10(2)12-8-14(16-9-13(12)15)11-6-4-3-5-7-11/h3-7,12-15H,1,8-9H2,2H3/t12-,13+,14?/m1/s1. The van der Waals surface area contributed by atoms with Crippen LogP contribution in [0, 0.1) is 5.92 Å². The molecule has 1 heterocycles. The van der Waals surface area contributed by atoms with E-state index in [4.69, 9.17) is 4.74 Å². The summed E-state index contributed by atoms with van der Waals surface area (Å²) in [5, 5.41) is 9.82. The molecule has 0 aliphatic carbocycles. The Labute approximate surface area is 96.6 Å². The van der Waals surface area contributed by atoms with E-state index in [9.17, 15) is 5.11 Å². The highest BCUT2D eigenvalue weighted by Crippen LogP contribution is 2.34. The van der Waals surface area contributed by atoms with E-state index >= 15 is 0 Å². The Morgan fingerprint density at radius 3 is 2.69 bits per heavy atom. The summed E-state index contributed by atoms with van der Waals surface area (Å²) in [5.74, 6) is 0.152. The number of hydrogen-bond acceptors (Lipinski definition) is 2. The monoisotopic (exact) mass is 218 g/mol. The molecular weight excluding hydrogens is 200 g/mol. The zero-order chi connectivity index (χ0) is 11.5. The number of hydrogen-bond donors (Lipinski definition) is 1. The first-order valence-electron chi connectivity index (χ1n) is 5.68. The van der Waals surface area contributed by atoms with Gasteiger partial charge in [-0.15, -0.1) is 0 Å². The molecule has 1 aromatic carbocycles. The maximum atomic E-state index is 9.82. The number of benzene rings is 1. The molecule has 2 heteroatoms. The van der Waals surface area contributed by atoms with E-state index in [1.54, 1.807) is 0 Å². The number of ether oxygens (including phenoxy) is 1. The zero-order valence-corrected chi connectivity index (χ0v) is 9.60. The summed E-state index contributed by atoms with van der Waals surface area (Å²) in [4.78, 5) is 0. The van der Waals surface area contributed by atoms with Crippen LogP contribution >= 0.6 is 0 Å². The summed E-state index contributed by atoms with van der Waals surface area (Å²) in [7, 11) is 0. The Hall–Kier alpha value is -1.12. The molecule has 0 aromatic heterocycles. The Bertz CT molecular complexity index is 358. The Kier molecular flexibility index (Phi) is 3.42. The van der Waals surface area contributed by atoms with Crippen molar-refractivity contribution < 1.29 is 9.84 Å². The van der Waals surface area contributed by atoms with Gasteiger partial charge in [-0.1, -0.05) is 42.5 Å². The minimum atomic E-state index is -0.405. The lowest BCUT2D eigenvalue weighted by molar-refractivity contribution is -0.0806. The van der Waals surface area contributed by atoms with Gasteiger partial charge in [-0.05, 0) is 18.9 Å². The molecule has 1 unspecified atom stereocenters. The second-order valence-electron chi connectivity index (χ2n) is 4.49. The van der Waals surface area contributed by atoms with Gasteiger partial charge in [0.1, 0.15) is 0 Å². The summed E-state index contributed by atoms with van der Waals surface area (Å²) < 4.78 is 5.67. The predicted octanol–water partition coefficient (Wildman–Crippen LogP) is 2.70. The molecule has 1 aromatic rings. The summed E-state index contributed by atoms with van der Waals surface area (Å²) in [6.45, 7) is 6.32. The van der Waals surface area contributed by atoms with Crippen LogP contribution in [-0.2, 0) is 4.74 Å². The van der Waals surface area contributed by atoms with Crippen LogP contribution in [0.4, 0.5) is 0 Å². The van der Waals surface area contributed by atoms with Gasteiger partial charge in [-0.3, -0.25) is 0 Å². The lowest BCUT2D eigenvalue weighted by Gasteiger charge is -2.34. The molecule has 0 amide bonds. The molecule has 3 atom stereocenters. The van der Waals surface area contributed by atoms with Crippen molar-refractivity contribution in [1.29, 1.82) is 0 Å². The van der Waals surface area contributed by atoms with Crippen molar-refractivity contribution >= 4 is 0 Å². The first kappa shape index (κ1) is 11.4. The molecule has 0 spiro atoms. The van der Waals surface area contributed by atoms with Crippen molar-refractivity contribution in [2.75, 3.05) is 6.61 Å². The highest BCUT2D eigenvalue weighted by Gasteiger charge is 2.30. The van der Waals surface area contributed by atoms with Gasteiger partial charge in [-0.2, -0.15) is 0 Å². The van der Waals surface area contributed by atoms with E-state index in [2.05, 4.69) is 18.7 Å². The minimum absolute atomic E-state index is 0.0892. The molecule has 0 saturated carbocycles. The fourth-order valence-electron chi connectivity index (χ4n) is 2.22. The van der Waals surface area contributed by atoms with Crippen molar-refractivity contribution in [3.8, 4) is 0 Å². The van der Waals surface area contributed by atoms with Crippen LogP contribution in [0.5, 0.6) is 0 Å². The van der Waals surface area contributed by atoms with Crippen LogP contribution in [-0.4, -0.2) is 17.8 Å². The summed E-state index contributed by atoms with van der Waals surface area (Å²) in [6.07, 6.45) is 0.504. The Morgan fingerprint density at radius 1 is 1.38 bits per heavy atom. The van der Waals surface area contributed by atoms with Gasteiger partial charge in [0.05, 0.1) is 18.8 Å². The fraction of sp³-hybridized carbons (Fsp3) is 0.429. The SMILES string of the molecule is C=C(C)[C@H]1CC(c2ccccc2)OC[C@@H]1O. The molecular formula is C14H18O2. The number of aliphatic hydroxyl groups is 1. The van der Waals surface area contributed by atoms with Crippen LogP contribution in [0.15, 0.2) is 42.5 Å². The van der Waals surface area contributed by atoms with Crippen molar-refractivity contribution in [3.05, 3.63) is 48.0 Å². The first-order chi connectivity index (χ1) is 7.68. The number of rotatable bonds is 2. The highest BCUT2D eigenvalue weighted by molar-refractivity contribution is 5.19. The lowest BCUT2D eigenvalue weighted by atomic mass is 9.86. The molecule has 16 heavy (non-hydrogen) atoms. The third kappa shape index (κ3) is 2.34. The maximum Gasteiger partial charge on any atom is 0.0839 e. The van der Waals surface area contributed by atoms with Crippen molar-refractivity contribution in [2.45, 2.75) is 25.6 Å². The van der Waals surface area contributed by atoms with E-state index in [1.807, 2.05) is 25.1 Å². The van der Waals surface area contributed by atoms with Crippen molar-refractivity contribution in [2.24, 2.45) is 5.92 Å². The second-order valence-corrected chi connectivity index (χ2v) is 4.49. The van der Waals surface area contributed by atoms with Gasteiger partial charge in [0.15, 0.2) is 0 Å². The maximum absolute atomic E-state index is 9.82. The zero-order valence-electron chi connectivity index (χ0n) is 9.60. The normalized spacial score (nSPS) is 30.0. The van der Waals surface area contributed by atoms with Gasteiger partial charge in [0, 0.05) is 5.92 Å². The van der Waals surface area contributed by atoms with Gasteiger partial charge in [0.25, 0.3) is 0 Å². The van der Waals surface area contributed by atoms with Crippen molar-refractivity contribution in [1.82, 2.24) is 0 Å². The van der Waals surface area contributed by atoms with Gasteiger partial charge < -0.3 is 9.84 Å². The topological polar surface area (TPSA) is 29.5 Å². The van der Waals surface area contributed by atoms with E-state index in [1.165, 1.54) is 5.56 Å². The van der Waals surface area contributed by atoms with Crippen LogP contribution in [0.1, 0.15) is 25.0 Å². The molecule has 1 saturated heterocycles. The smallest absolute Gasteiger partial charge is 0.0839 e. The van der Waals surface area contributed by atoms with Gasteiger partial charge >= 0.3 is 0 Å². The van der Waals surface area contributed by atoms with Crippen LogP contribution in [0.2, 0.25) is 0 Å². The van der Waals surface area contributed by atoms with E-state index in [0.29, 0.717) is 6.61 Å². The lowest BCUT2D eigenvalue weighted by Crippen LogP contribution is -2.34. The molecule has 2 nitrogen and oxygen atoms in total. The minimum Gasteiger partial charge on any atom is -0.390 e. The Balaban J connectivity index is 2.12. The van der Waals surface area contributed by atoms with Crippen LogP contribution in [0.25, 0.3) is 0 Å². The quantitative estimate of drug-likeness (QED) is 0.773.